The molecule has 1 saturated heterocycles. The third-order valence-corrected chi connectivity index (χ3v) is 3.58. The Morgan fingerprint density at radius 3 is 2.50 bits per heavy atom. The van der Waals surface area contributed by atoms with Crippen molar-refractivity contribution in [2.45, 2.75) is 45.8 Å². The van der Waals surface area contributed by atoms with E-state index in [1.165, 1.54) is 4.90 Å². The van der Waals surface area contributed by atoms with Crippen molar-refractivity contribution in [2.24, 2.45) is 0 Å². The molecule has 1 atom stereocenters. The molecule has 0 unspecified atom stereocenters. The molecule has 118 valence electrons. The predicted octanol–water partition coefficient (Wildman–Crippen LogP) is 3.67. The van der Waals surface area contributed by atoms with Crippen molar-refractivity contribution in [3.63, 3.8) is 0 Å². The number of carbonyl (C=O) groups excluding carboxylic acids is 2. The van der Waals surface area contributed by atoms with Crippen molar-refractivity contribution >= 4 is 17.4 Å². The molecule has 4 nitrogen and oxygen atoms in total. The van der Waals surface area contributed by atoms with Crippen LogP contribution in [-0.4, -0.2) is 35.0 Å². The molecule has 1 amide bonds. The molecule has 0 N–H and O–H groups in total. The first-order chi connectivity index (χ1) is 10.3. The molecule has 0 aliphatic carbocycles. The summed E-state index contributed by atoms with van der Waals surface area (Å²) >= 11 is 0. The van der Waals surface area contributed by atoms with E-state index in [1.54, 1.807) is 0 Å². The van der Waals surface area contributed by atoms with E-state index in [4.69, 9.17) is 4.74 Å². The zero-order valence-corrected chi connectivity index (χ0v) is 13.6. The number of likely N-dealkylation sites (tertiary alicyclic amines) is 1. The third-order valence-electron chi connectivity index (χ3n) is 3.58. The van der Waals surface area contributed by atoms with Gasteiger partial charge < -0.3 is 4.74 Å². The molecule has 1 heterocycles. The number of ketones is 1. The summed E-state index contributed by atoms with van der Waals surface area (Å²) in [5.41, 5.74) is 1.68. The summed E-state index contributed by atoms with van der Waals surface area (Å²) in [6, 6.07) is 9.59. The second kappa shape index (κ2) is 6.34. The summed E-state index contributed by atoms with van der Waals surface area (Å²) in [4.78, 5) is 25.3. The topological polar surface area (TPSA) is 46.6 Å². The highest BCUT2D eigenvalue weighted by atomic mass is 16.6. The largest absolute Gasteiger partial charge is 0.444 e. The Bertz CT molecular complexity index is 584. The second-order valence-corrected chi connectivity index (χ2v) is 6.58. The molecular weight excluding hydrogens is 278 g/mol. The lowest BCUT2D eigenvalue weighted by atomic mass is 9.96. The molecule has 22 heavy (non-hydrogen) atoms. The molecule has 0 bridgehead atoms. The number of benzene rings is 1. The summed E-state index contributed by atoms with van der Waals surface area (Å²) in [5, 5.41) is 0. The van der Waals surface area contributed by atoms with Gasteiger partial charge in [-0.3, -0.25) is 9.69 Å². The number of nitrogens with zero attached hydrogens (tertiary/aromatic N) is 1. The molecule has 2 rings (SSSR count). The normalized spacial score (nSPS) is 18.9. The maximum Gasteiger partial charge on any atom is 0.411 e. The fraction of sp³-hybridized carbons (Fsp3) is 0.444. The Morgan fingerprint density at radius 1 is 1.32 bits per heavy atom. The van der Waals surface area contributed by atoms with E-state index in [0.717, 1.165) is 11.1 Å². The summed E-state index contributed by atoms with van der Waals surface area (Å²) in [5.74, 6) is 0.0861. The van der Waals surface area contributed by atoms with Crippen LogP contribution < -0.4 is 0 Å². The highest BCUT2D eigenvalue weighted by molar-refractivity contribution is 5.97. The molecule has 1 aromatic carbocycles. The quantitative estimate of drug-likeness (QED) is 0.855. The summed E-state index contributed by atoms with van der Waals surface area (Å²) in [7, 11) is 0. The van der Waals surface area contributed by atoms with Gasteiger partial charge in [0.15, 0.2) is 5.78 Å². The van der Waals surface area contributed by atoms with Gasteiger partial charge in [0.1, 0.15) is 5.60 Å². The number of hydrogen-bond acceptors (Lipinski definition) is 3. The lowest BCUT2D eigenvalue weighted by Crippen LogP contribution is -2.60. The van der Waals surface area contributed by atoms with Gasteiger partial charge in [-0.2, -0.15) is 0 Å². The van der Waals surface area contributed by atoms with Crippen molar-refractivity contribution in [3.05, 3.63) is 42.0 Å². The van der Waals surface area contributed by atoms with Gasteiger partial charge in [-0.15, -0.1) is 0 Å². The highest BCUT2D eigenvalue weighted by Crippen LogP contribution is 2.23. The minimum Gasteiger partial charge on any atom is -0.444 e. The first-order valence-corrected chi connectivity index (χ1v) is 7.52. The second-order valence-electron chi connectivity index (χ2n) is 6.58. The minimum absolute atomic E-state index is 0.0861. The van der Waals surface area contributed by atoms with E-state index in [9.17, 15) is 9.59 Å². The van der Waals surface area contributed by atoms with E-state index in [2.05, 4.69) is 0 Å². The lowest BCUT2D eigenvalue weighted by molar-refractivity contribution is -0.135. The van der Waals surface area contributed by atoms with Gasteiger partial charge in [0.05, 0.1) is 12.6 Å². The molecule has 4 heteroatoms. The van der Waals surface area contributed by atoms with Gasteiger partial charge in [0.25, 0.3) is 0 Å². The van der Waals surface area contributed by atoms with Gasteiger partial charge >= 0.3 is 6.09 Å². The standard InChI is InChI=1S/C18H23NO3/c1-13(14-8-6-5-7-9-14)10-11-15-16(20)12-19(15)17(21)22-18(2,3)4/h5-10,15H,11-12H2,1-4H3/b13-10+/t15-/m0/s1. The number of Topliss-reactive ketones (excluding diaryl/α,β-unsaturated/α-hetero) is 1. The molecule has 1 aliphatic heterocycles. The fourth-order valence-electron chi connectivity index (χ4n) is 2.32. The van der Waals surface area contributed by atoms with E-state index in [1.807, 2.05) is 64.1 Å². The SMILES string of the molecule is C/C(=C\C[C@H]1C(=O)CN1C(=O)OC(C)(C)C)c1ccccc1. The van der Waals surface area contributed by atoms with Crippen LogP contribution in [0.2, 0.25) is 0 Å². The monoisotopic (exact) mass is 301 g/mol. The van der Waals surface area contributed by atoms with Crippen LogP contribution in [0.1, 0.15) is 39.7 Å². The fourth-order valence-corrected chi connectivity index (χ4v) is 2.32. The van der Waals surface area contributed by atoms with Gasteiger partial charge in [-0.05, 0) is 45.3 Å². The van der Waals surface area contributed by atoms with Crippen LogP contribution in [0, 0.1) is 0 Å². The average Bonchev–Trinajstić information content (AvgIpc) is 2.43. The Hall–Kier alpha value is -2.10. The zero-order valence-electron chi connectivity index (χ0n) is 13.6. The number of ether oxygens (including phenoxy) is 1. The first-order valence-electron chi connectivity index (χ1n) is 7.52. The van der Waals surface area contributed by atoms with E-state index >= 15 is 0 Å². The van der Waals surface area contributed by atoms with Crippen molar-refractivity contribution in [3.8, 4) is 0 Å². The predicted molar refractivity (Wildman–Crippen MR) is 86.4 cm³/mol. The molecular formula is C18H23NO3. The van der Waals surface area contributed by atoms with Crippen molar-refractivity contribution < 1.29 is 14.3 Å². The number of rotatable bonds is 3. The van der Waals surface area contributed by atoms with Gasteiger partial charge in [-0.1, -0.05) is 36.4 Å². The van der Waals surface area contributed by atoms with Gasteiger partial charge in [0, 0.05) is 0 Å². The number of allylic oxidation sites excluding steroid dienone is 1. The minimum atomic E-state index is -0.546. The Morgan fingerprint density at radius 2 is 1.95 bits per heavy atom. The Kier molecular flexibility index (Phi) is 4.69. The molecule has 0 radical (unpaired) electrons. The van der Waals surface area contributed by atoms with E-state index < -0.39 is 17.7 Å². The molecule has 0 saturated carbocycles. The van der Waals surface area contributed by atoms with Crippen LogP contribution in [0.5, 0.6) is 0 Å². The number of hydrogen-bond donors (Lipinski definition) is 0. The maximum absolute atomic E-state index is 12.0. The van der Waals surface area contributed by atoms with E-state index in [-0.39, 0.29) is 12.3 Å². The molecule has 0 spiro atoms. The first kappa shape index (κ1) is 16.3. The van der Waals surface area contributed by atoms with Crippen LogP contribution in [0.4, 0.5) is 4.79 Å². The average molecular weight is 301 g/mol. The zero-order chi connectivity index (χ0) is 16.3. The Balaban J connectivity index is 1.99. The van der Waals surface area contributed by atoms with Gasteiger partial charge in [-0.25, -0.2) is 4.79 Å². The number of carbonyl (C=O) groups is 2. The van der Waals surface area contributed by atoms with Crippen LogP contribution in [0.25, 0.3) is 5.57 Å². The van der Waals surface area contributed by atoms with Crippen molar-refractivity contribution in [1.82, 2.24) is 4.90 Å². The smallest absolute Gasteiger partial charge is 0.411 e. The maximum atomic E-state index is 12.0. The summed E-state index contributed by atoms with van der Waals surface area (Å²) in [6.07, 6.45) is 2.12. The highest BCUT2D eigenvalue weighted by Gasteiger charge is 2.41. The van der Waals surface area contributed by atoms with Crippen LogP contribution in [-0.2, 0) is 9.53 Å². The van der Waals surface area contributed by atoms with Crippen molar-refractivity contribution in [2.75, 3.05) is 6.54 Å². The van der Waals surface area contributed by atoms with Gasteiger partial charge in [0.2, 0.25) is 0 Å². The van der Waals surface area contributed by atoms with E-state index in [0.29, 0.717) is 6.42 Å². The Labute approximate surface area is 131 Å². The third kappa shape index (κ3) is 3.97. The molecule has 1 aliphatic rings. The van der Waals surface area contributed by atoms with Crippen LogP contribution >= 0.6 is 0 Å². The molecule has 0 aromatic heterocycles. The number of amides is 1. The van der Waals surface area contributed by atoms with Crippen LogP contribution in [0.15, 0.2) is 36.4 Å². The van der Waals surface area contributed by atoms with Crippen molar-refractivity contribution in [1.29, 1.82) is 0 Å². The molecule has 1 fully saturated rings. The summed E-state index contributed by atoms with van der Waals surface area (Å²) in [6.45, 7) is 7.62. The summed E-state index contributed by atoms with van der Waals surface area (Å²) < 4.78 is 5.33. The lowest BCUT2D eigenvalue weighted by Gasteiger charge is -2.39. The van der Waals surface area contributed by atoms with Crippen LogP contribution in [0.3, 0.4) is 0 Å². The molecule has 1 aromatic rings.